The van der Waals surface area contributed by atoms with Gasteiger partial charge < -0.3 is 19.0 Å². The number of hydrogen-bond donors (Lipinski definition) is 1. The van der Waals surface area contributed by atoms with Crippen molar-refractivity contribution in [3.8, 4) is 5.75 Å². The Bertz CT molecular complexity index is 1390. The second-order valence-electron chi connectivity index (χ2n) is 9.34. The summed E-state index contributed by atoms with van der Waals surface area (Å²) in [7, 11) is 0. The number of aromatic hydroxyl groups is 1. The van der Waals surface area contributed by atoms with Gasteiger partial charge in [-0.05, 0) is 49.7 Å². The average Bonchev–Trinajstić information content (AvgIpc) is 3.39. The van der Waals surface area contributed by atoms with Crippen molar-refractivity contribution in [2.24, 2.45) is 0 Å². The van der Waals surface area contributed by atoms with Crippen molar-refractivity contribution in [3.63, 3.8) is 0 Å². The summed E-state index contributed by atoms with van der Waals surface area (Å²) in [6, 6.07) is 19.7. The van der Waals surface area contributed by atoms with Crippen molar-refractivity contribution in [3.05, 3.63) is 117 Å². The van der Waals surface area contributed by atoms with Crippen LogP contribution in [0, 0.1) is 19.7 Å². The average molecular weight is 488 g/mol. The number of nitrogens with zero attached hydrogens (tertiary/aromatic N) is 3. The standard InChI is InChI=1S/C29H30FN3O3/c1-20-9-11-22(12-10-20)28(32-15-13-31(14-16-32)25-8-4-3-7-24(25)30)27-26(34)18-21(2)33(29(27)35)19-23-6-5-17-36-23/h3-12,17-18,28,34H,13-16,19H2,1-2H3. The van der Waals surface area contributed by atoms with Crippen LogP contribution in [0.5, 0.6) is 5.75 Å². The Morgan fingerprint density at radius 2 is 1.69 bits per heavy atom. The Morgan fingerprint density at radius 3 is 2.36 bits per heavy atom. The number of aryl methyl sites for hydroxylation is 2. The van der Waals surface area contributed by atoms with Gasteiger partial charge in [0.2, 0.25) is 0 Å². The molecule has 1 atom stereocenters. The van der Waals surface area contributed by atoms with Crippen LogP contribution in [0.3, 0.4) is 0 Å². The summed E-state index contributed by atoms with van der Waals surface area (Å²) in [6.45, 7) is 6.54. The smallest absolute Gasteiger partial charge is 0.260 e. The largest absolute Gasteiger partial charge is 0.507 e. The Hall–Kier alpha value is -3.84. The molecule has 2 aromatic heterocycles. The van der Waals surface area contributed by atoms with Crippen LogP contribution in [0.1, 0.15) is 34.2 Å². The van der Waals surface area contributed by atoms with Gasteiger partial charge in [0, 0.05) is 31.9 Å². The Labute approximate surface area is 209 Å². The van der Waals surface area contributed by atoms with E-state index in [0.717, 1.165) is 11.1 Å². The predicted octanol–water partition coefficient (Wildman–Crippen LogP) is 4.86. The van der Waals surface area contributed by atoms with E-state index in [1.54, 1.807) is 35.1 Å². The first-order chi connectivity index (χ1) is 17.4. The second kappa shape index (κ2) is 10.0. The molecule has 0 spiro atoms. The van der Waals surface area contributed by atoms with Crippen molar-refractivity contribution < 1.29 is 13.9 Å². The molecule has 186 valence electrons. The normalized spacial score (nSPS) is 15.2. The molecule has 1 unspecified atom stereocenters. The van der Waals surface area contributed by atoms with Crippen molar-refractivity contribution in [2.45, 2.75) is 26.4 Å². The lowest BCUT2D eigenvalue weighted by Crippen LogP contribution is -2.49. The van der Waals surface area contributed by atoms with Crippen LogP contribution in [0.25, 0.3) is 0 Å². The molecule has 0 amide bonds. The number of piperazine rings is 1. The Morgan fingerprint density at radius 1 is 0.972 bits per heavy atom. The van der Waals surface area contributed by atoms with E-state index in [9.17, 15) is 14.3 Å². The molecular formula is C29H30FN3O3. The highest BCUT2D eigenvalue weighted by Crippen LogP contribution is 2.34. The Kier molecular flexibility index (Phi) is 6.65. The van der Waals surface area contributed by atoms with Crippen molar-refractivity contribution in [1.29, 1.82) is 0 Å². The molecule has 5 rings (SSSR count). The number of hydrogen-bond acceptors (Lipinski definition) is 5. The molecule has 7 heteroatoms. The maximum absolute atomic E-state index is 14.4. The first kappa shape index (κ1) is 23.9. The third kappa shape index (κ3) is 4.66. The van der Waals surface area contributed by atoms with Gasteiger partial charge in [0.1, 0.15) is 17.3 Å². The van der Waals surface area contributed by atoms with E-state index in [1.807, 2.05) is 55.1 Å². The van der Waals surface area contributed by atoms with Crippen LogP contribution in [0.2, 0.25) is 0 Å². The van der Waals surface area contributed by atoms with Gasteiger partial charge in [-0.25, -0.2) is 4.39 Å². The highest BCUT2D eigenvalue weighted by molar-refractivity contribution is 5.48. The lowest BCUT2D eigenvalue weighted by Gasteiger charge is -2.40. The molecular weight excluding hydrogens is 457 g/mol. The zero-order valence-corrected chi connectivity index (χ0v) is 20.5. The predicted molar refractivity (Wildman–Crippen MR) is 138 cm³/mol. The minimum Gasteiger partial charge on any atom is -0.507 e. The number of para-hydroxylation sites is 1. The van der Waals surface area contributed by atoms with Crippen LogP contribution in [0.4, 0.5) is 10.1 Å². The zero-order chi connectivity index (χ0) is 25.2. The topological polar surface area (TPSA) is 61.9 Å². The molecule has 0 saturated carbocycles. The number of pyridine rings is 1. The third-order valence-corrected chi connectivity index (χ3v) is 6.96. The summed E-state index contributed by atoms with van der Waals surface area (Å²) < 4.78 is 21.5. The van der Waals surface area contributed by atoms with Crippen molar-refractivity contribution in [2.75, 3.05) is 31.1 Å². The van der Waals surface area contributed by atoms with Gasteiger partial charge in [-0.3, -0.25) is 9.69 Å². The quantitative estimate of drug-likeness (QED) is 0.421. The number of furan rings is 1. The van der Waals surface area contributed by atoms with Gasteiger partial charge in [0.05, 0.1) is 30.1 Å². The highest BCUT2D eigenvalue weighted by Gasteiger charge is 2.32. The summed E-state index contributed by atoms with van der Waals surface area (Å²) in [5.41, 5.74) is 3.39. The lowest BCUT2D eigenvalue weighted by molar-refractivity contribution is 0.207. The van der Waals surface area contributed by atoms with Crippen LogP contribution in [0.15, 0.2) is 82.2 Å². The molecule has 6 nitrogen and oxygen atoms in total. The number of anilines is 1. The number of benzene rings is 2. The SMILES string of the molecule is Cc1ccc(C(c2c(O)cc(C)n(Cc3ccco3)c2=O)N2CCN(c3ccccc3F)CC2)cc1. The monoisotopic (exact) mass is 487 g/mol. The molecule has 2 aromatic carbocycles. The van der Waals surface area contributed by atoms with Gasteiger partial charge in [-0.15, -0.1) is 0 Å². The second-order valence-corrected chi connectivity index (χ2v) is 9.34. The highest BCUT2D eigenvalue weighted by atomic mass is 19.1. The molecule has 36 heavy (non-hydrogen) atoms. The van der Waals surface area contributed by atoms with Gasteiger partial charge in [-0.1, -0.05) is 42.0 Å². The molecule has 1 aliphatic heterocycles. The molecule has 1 fully saturated rings. The van der Waals surface area contributed by atoms with E-state index in [0.29, 0.717) is 48.9 Å². The minimum absolute atomic E-state index is 0.0182. The van der Waals surface area contributed by atoms with Gasteiger partial charge >= 0.3 is 0 Å². The number of aromatic nitrogens is 1. The zero-order valence-electron chi connectivity index (χ0n) is 20.5. The minimum atomic E-state index is -0.440. The molecule has 1 N–H and O–H groups in total. The molecule has 0 bridgehead atoms. The van der Waals surface area contributed by atoms with Crippen LogP contribution >= 0.6 is 0 Å². The van der Waals surface area contributed by atoms with Crippen molar-refractivity contribution in [1.82, 2.24) is 9.47 Å². The van der Waals surface area contributed by atoms with Crippen LogP contribution < -0.4 is 10.5 Å². The van der Waals surface area contributed by atoms with E-state index >= 15 is 0 Å². The van der Waals surface area contributed by atoms with Gasteiger partial charge in [-0.2, -0.15) is 0 Å². The lowest BCUT2D eigenvalue weighted by atomic mass is 9.95. The molecule has 1 aliphatic rings. The van der Waals surface area contributed by atoms with E-state index in [2.05, 4.69) is 4.90 Å². The van der Waals surface area contributed by atoms with Crippen molar-refractivity contribution >= 4 is 5.69 Å². The first-order valence-electron chi connectivity index (χ1n) is 12.2. The fourth-order valence-electron chi connectivity index (χ4n) is 5.02. The molecule has 0 radical (unpaired) electrons. The summed E-state index contributed by atoms with van der Waals surface area (Å²) in [4.78, 5) is 18.1. The molecule has 0 aliphatic carbocycles. The summed E-state index contributed by atoms with van der Waals surface area (Å²) in [6.07, 6.45) is 1.58. The fraction of sp³-hybridized carbons (Fsp3) is 0.276. The van der Waals surface area contributed by atoms with E-state index < -0.39 is 6.04 Å². The molecule has 3 heterocycles. The maximum atomic E-state index is 14.4. The molecule has 1 saturated heterocycles. The summed E-state index contributed by atoms with van der Waals surface area (Å²) >= 11 is 0. The maximum Gasteiger partial charge on any atom is 0.260 e. The summed E-state index contributed by atoms with van der Waals surface area (Å²) in [5.74, 6) is 0.413. The number of rotatable bonds is 6. The van der Waals surface area contributed by atoms with E-state index in [1.165, 1.54) is 6.07 Å². The molecule has 4 aromatic rings. The fourth-order valence-corrected chi connectivity index (χ4v) is 5.02. The number of halogens is 1. The van der Waals surface area contributed by atoms with Gasteiger partial charge in [0.25, 0.3) is 5.56 Å². The summed E-state index contributed by atoms with van der Waals surface area (Å²) in [5, 5.41) is 11.1. The Balaban J connectivity index is 1.53. The van der Waals surface area contributed by atoms with E-state index in [-0.39, 0.29) is 23.7 Å². The third-order valence-electron chi connectivity index (χ3n) is 6.96. The van der Waals surface area contributed by atoms with Crippen LogP contribution in [-0.4, -0.2) is 40.8 Å². The van der Waals surface area contributed by atoms with E-state index in [4.69, 9.17) is 4.42 Å². The first-order valence-corrected chi connectivity index (χ1v) is 12.2. The van der Waals surface area contributed by atoms with Gasteiger partial charge in [0.15, 0.2) is 0 Å². The van der Waals surface area contributed by atoms with Crippen LogP contribution in [-0.2, 0) is 6.54 Å².